The molecule has 0 radical (unpaired) electrons. The average Bonchev–Trinajstić information content (AvgIpc) is 2.71. The van der Waals surface area contributed by atoms with Gasteiger partial charge in [-0.3, -0.25) is 9.59 Å². The number of primary amides is 1. The number of rotatable bonds is 2. The predicted molar refractivity (Wildman–Crippen MR) is 63.3 cm³/mol. The van der Waals surface area contributed by atoms with Gasteiger partial charge in [-0.25, -0.2) is 4.98 Å². The average molecular weight is 250 g/mol. The standard InChI is InChI=1S/C11H14N4O3/c12-7-2-1-3-14-9(7)11(18)15-5-6(16)4-8(15)10(13)17/h1-3,6,8,16H,4-5,12H2,(H2,13,17). The zero-order chi connectivity index (χ0) is 13.3. The maximum absolute atomic E-state index is 12.2. The first kappa shape index (κ1) is 12.3. The number of aliphatic hydroxyl groups is 1. The van der Waals surface area contributed by atoms with E-state index in [4.69, 9.17) is 11.5 Å². The minimum absolute atomic E-state index is 0.0580. The molecule has 2 heterocycles. The Morgan fingerprint density at radius 1 is 1.50 bits per heavy atom. The lowest BCUT2D eigenvalue weighted by molar-refractivity contribution is -0.121. The summed E-state index contributed by atoms with van der Waals surface area (Å²) in [4.78, 5) is 28.5. The summed E-state index contributed by atoms with van der Waals surface area (Å²) in [6.45, 7) is 0.0580. The highest BCUT2D eigenvalue weighted by molar-refractivity contribution is 5.99. The summed E-state index contributed by atoms with van der Waals surface area (Å²) < 4.78 is 0. The molecule has 2 atom stereocenters. The van der Waals surface area contributed by atoms with Crippen molar-refractivity contribution in [2.45, 2.75) is 18.6 Å². The van der Waals surface area contributed by atoms with Crippen LogP contribution >= 0.6 is 0 Å². The quantitative estimate of drug-likeness (QED) is 0.603. The predicted octanol–water partition coefficient (Wildman–Crippen LogP) is -1.28. The van der Waals surface area contributed by atoms with Crippen LogP contribution in [0.4, 0.5) is 5.69 Å². The molecule has 1 aliphatic heterocycles. The van der Waals surface area contributed by atoms with Crippen molar-refractivity contribution in [1.82, 2.24) is 9.88 Å². The molecule has 0 bridgehead atoms. The van der Waals surface area contributed by atoms with Crippen molar-refractivity contribution in [3.63, 3.8) is 0 Å². The van der Waals surface area contributed by atoms with Crippen LogP contribution in [-0.4, -0.2) is 45.5 Å². The Morgan fingerprint density at radius 2 is 2.22 bits per heavy atom. The number of amides is 2. The number of aromatic nitrogens is 1. The SMILES string of the molecule is NC(=O)C1CC(O)CN1C(=O)c1ncccc1N. The number of hydrogen-bond acceptors (Lipinski definition) is 5. The Bertz CT molecular complexity index is 491. The minimum atomic E-state index is -0.811. The molecule has 0 aromatic carbocycles. The van der Waals surface area contributed by atoms with Crippen LogP contribution in [0.3, 0.4) is 0 Å². The molecule has 1 aliphatic rings. The molecule has 0 spiro atoms. The van der Waals surface area contributed by atoms with E-state index in [1.54, 1.807) is 12.1 Å². The summed E-state index contributed by atoms with van der Waals surface area (Å²) in [6.07, 6.45) is 0.833. The van der Waals surface area contributed by atoms with Crippen molar-refractivity contribution in [3.05, 3.63) is 24.0 Å². The maximum Gasteiger partial charge on any atom is 0.275 e. The van der Waals surface area contributed by atoms with Crippen molar-refractivity contribution in [3.8, 4) is 0 Å². The normalized spacial score (nSPS) is 23.1. The van der Waals surface area contributed by atoms with E-state index in [-0.39, 0.29) is 24.3 Å². The maximum atomic E-state index is 12.2. The van der Waals surface area contributed by atoms with Gasteiger partial charge in [0.1, 0.15) is 6.04 Å². The first-order valence-corrected chi connectivity index (χ1v) is 5.49. The number of likely N-dealkylation sites (tertiary alicyclic amines) is 1. The van der Waals surface area contributed by atoms with Crippen molar-refractivity contribution in [1.29, 1.82) is 0 Å². The van der Waals surface area contributed by atoms with Gasteiger partial charge in [-0.05, 0) is 12.1 Å². The van der Waals surface area contributed by atoms with Gasteiger partial charge in [0, 0.05) is 19.2 Å². The number of β-amino-alcohol motifs (C(OH)–C–C–N with tert-alkyl or cyclic N) is 1. The van der Waals surface area contributed by atoms with Crippen molar-refractivity contribution in [2.75, 3.05) is 12.3 Å². The van der Waals surface area contributed by atoms with Gasteiger partial charge in [0.2, 0.25) is 5.91 Å². The number of nitrogens with two attached hydrogens (primary N) is 2. The van der Waals surface area contributed by atoms with Gasteiger partial charge >= 0.3 is 0 Å². The van der Waals surface area contributed by atoms with Gasteiger partial charge in [0.25, 0.3) is 5.91 Å². The topological polar surface area (TPSA) is 123 Å². The van der Waals surface area contributed by atoms with E-state index in [0.717, 1.165) is 0 Å². The molecule has 7 nitrogen and oxygen atoms in total. The first-order valence-electron chi connectivity index (χ1n) is 5.49. The van der Waals surface area contributed by atoms with Crippen LogP contribution in [0.15, 0.2) is 18.3 Å². The Labute approximate surface area is 103 Å². The molecule has 18 heavy (non-hydrogen) atoms. The third-order valence-electron chi connectivity index (χ3n) is 2.91. The van der Waals surface area contributed by atoms with E-state index in [0.29, 0.717) is 0 Å². The van der Waals surface area contributed by atoms with Crippen molar-refractivity contribution in [2.24, 2.45) is 5.73 Å². The number of carbonyl (C=O) groups excluding carboxylic acids is 2. The smallest absolute Gasteiger partial charge is 0.275 e. The van der Waals surface area contributed by atoms with Crippen LogP contribution < -0.4 is 11.5 Å². The molecule has 0 aliphatic carbocycles. The van der Waals surface area contributed by atoms with Gasteiger partial charge in [-0.15, -0.1) is 0 Å². The second-order valence-electron chi connectivity index (χ2n) is 4.21. The van der Waals surface area contributed by atoms with Gasteiger partial charge in [0.05, 0.1) is 11.8 Å². The van der Waals surface area contributed by atoms with E-state index in [1.165, 1.54) is 11.1 Å². The van der Waals surface area contributed by atoms with E-state index < -0.39 is 24.0 Å². The number of nitrogen functional groups attached to an aromatic ring is 1. The molecule has 0 saturated carbocycles. The summed E-state index contributed by atoms with van der Waals surface area (Å²) in [5.41, 5.74) is 11.2. The summed E-state index contributed by atoms with van der Waals surface area (Å²) in [5, 5.41) is 9.53. The zero-order valence-corrected chi connectivity index (χ0v) is 9.61. The Balaban J connectivity index is 2.28. The molecular formula is C11H14N4O3. The van der Waals surface area contributed by atoms with Gasteiger partial charge in [-0.2, -0.15) is 0 Å². The summed E-state index contributed by atoms with van der Waals surface area (Å²) in [6, 6.07) is 2.34. The van der Waals surface area contributed by atoms with E-state index in [9.17, 15) is 14.7 Å². The van der Waals surface area contributed by atoms with E-state index in [2.05, 4.69) is 4.98 Å². The molecule has 96 valence electrons. The van der Waals surface area contributed by atoms with Gasteiger partial charge in [-0.1, -0.05) is 0 Å². The number of carbonyl (C=O) groups is 2. The number of aliphatic hydroxyl groups excluding tert-OH is 1. The van der Waals surface area contributed by atoms with Crippen LogP contribution in [0.25, 0.3) is 0 Å². The van der Waals surface area contributed by atoms with Crippen LogP contribution in [0.1, 0.15) is 16.9 Å². The highest BCUT2D eigenvalue weighted by Crippen LogP contribution is 2.21. The molecule has 1 aromatic heterocycles. The largest absolute Gasteiger partial charge is 0.397 e. The molecule has 1 fully saturated rings. The number of anilines is 1. The van der Waals surface area contributed by atoms with Crippen LogP contribution in [-0.2, 0) is 4.79 Å². The third kappa shape index (κ3) is 2.12. The van der Waals surface area contributed by atoms with Gasteiger partial charge in [0.15, 0.2) is 5.69 Å². The summed E-state index contributed by atoms with van der Waals surface area (Å²) in [7, 11) is 0. The fourth-order valence-electron chi connectivity index (χ4n) is 2.04. The molecular weight excluding hydrogens is 236 g/mol. The van der Waals surface area contributed by atoms with Crippen LogP contribution in [0.2, 0.25) is 0 Å². The molecule has 7 heteroatoms. The number of pyridine rings is 1. The van der Waals surface area contributed by atoms with E-state index >= 15 is 0 Å². The van der Waals surface area contributed by atoms with Crippen LogP contribution in [0.5, 0.6) is 0 Å². The highest BCUT2D eigenvalue weighted by Gasteiger charge is 2.38. The Morgan fingerprint density at radius 3 is 2.83 bits per heavy atom. The molecule has 5 N–H and O–H groups in total. The zero-order valence-electron chi connectivity index (χ0n) is 9.61. The molecule has 1 saturated heterocycles. The molecule has 2 unspecified atom stereocenters. The first-order chi connectivity index (χ1) is 8.50. The Hall–Kier alpha value is -2.15. The van der Waals surface area contributed by atoms with Crippen molar-refractivity contribution < 1.29 is 14.7 Å². The summed E-state index contributed by atoms with van der Waals surface area (Å²) in [5.74, 6) is -1.14. The Kier molecular flexibility index (Phi) is 3.15. The fourth-order valence-corrected chi connectivity index (χ4v) is 2.04. The lowest BCUT2D eigenvalue weighted by Crippen LogP contribution is -2.44. The van der Waals surface area contributed by atoms with E-state index in [1.807, 2.05) is 0 Å². The highest BCUT2D eigenvalue weighted by atomic mass is 16.3. The second-order valence-corrected chi connectivity index (χ2v) is 4.21. The monoisotopic (exact) mass is 250 g/mol. The lowest BCUT2D eigenvalue weighted by Gasteiger charge is -2.21. The molecule has 1 aromatic rings. The third-order valence-corrected chi connectivity index (χ3v) is 2.91. The molecule has 2 rings (SSSR count). The number of nitrogens with zero attached hydrogens (tertiary/aromatic N) is 2. The minimum Gasteiger partial charge on any atom is -0.397 e. The summed E-state index contributed by atoms with van der Waals surface area (Å²) >= 11 is 0. The van der Waals surface area contributed by atoms with Gasteiger partial charge < -0.3 is 21.5 Å². The fraction of sp³-hybridized carbons (Fsp3) is 0.364. The van der Waals surface area contributed by atoms with Crippen LogP contribution in [0, 0.1) is 0 Å². The molecule has 2 amide bonds. The lowest BCUT2D eigenvalue weighted by atomic mass is 10.2. The van der Waals surface area contributed by atoms with Crippen molar-refractivity contribution >= 4 is 17.5 Å². The number of hydrogen-bond donors (Lipinski definition) is 3. The second kappa shape index (κ2) is 4.61.